The zero-order valence-electron chi connectivity index (χ0n) is 12.0. The molecule has 1 unspecified atom stereocenters. The van der Waals surface area contributed by atoms with Gasteiger partial charge in [0, 0.05) is 37.7 Å². The summed E-state index contributed by atoms with van der Waals surface area (Å²) in [7, 11) is 0. The molecule has 0 bridgehead atoms. The van der Waals surface area contributed by atoms with E-state index in [1.807, 2.05) is 0 Å². The second kappa shape index (κ2) is 5.53. The molecule has 0 spiro atoms. The summed E-state index contributed by atoms with van der Waals surface area (Å²) in [6, 6.07) is 8.42. The highest BCUT2D eigenvalue weighted by molar-refractivity contribution is 5.57. The van der Waals surface area contributed by atoms with Crippen LogP contribution in [0.1, 0.15) is 31.2 Å². The van der Waals surface area contributed by atoms with Crippen LogP contribution in [0.15, 0.2) is 28.8 Å². The van der Waals surface area contributed by atoms with Crippen molar-refractivity contribution in [2.45, 2.75) is 26.2 Å². The molecule has 2 aromatic rings. The lowest BCUT2D eigenvalue weighted by molar-refractivity contribution is 0.370. The highest BCUT2D eigenvalue weighted by Gasteiger charge is 2.24. The SMILES string of the molecule is CCN(CC)c1noc(CC2CNc3ccccc32)n1. The first-order valence-electron chi connectivity index (χ1n) is 7.22. The average Bonchev–Trinajstić information content (AvgIpc) is 3.09. The van der Waals surface area contributed by atoms with E-state index in [1.54, 1.807) is 0 Å². The van der Waals surface area contributed by atoms with Gasteiger partial charge in [-0.05, 0) is 30.6 Å². The minimum absolute atomic E-state index is 0.413. The first kappa shape index (κ1) is 13.0. The monoisotopic (exact) mass is 272 g/mol. The van der Waals surface area contributed by atoms with E-state index in [2.05, 4.69) is 58.5 Å². The van der Waals surface area contributed by atoms with E-state index in [9.17, 15) is 0 Å². The second-order valence-corrected chi connectivity index (χ2v) is 5.03. The van der Waals surface area contributed by atoms with Gasteiger partial charge in [-0.3, -0.25) is 0 Å². The minimum atomic E-state index is 0.413. The van der Waals surface area contributed by atoms with Crippen molar-refractivity contribution in [1.82, 2.24) is 10.1 Å². The van der Waals surface area contributed by atoms with Gasteiger partial charge < -0.3 is 14.7 Å². The molecule has 1 N–H and O–H groups in total. The Morgan fingerprint density at radius 2 is 2.10 bits per heavy atom. The molecule has 0 aliphatic carbocycles. The Labute approximate surface area is 119 Å². The molecule has 1 aromatic carbocycles. The Bertz CT molecular complexity index is 577. The Balaban J connectivity index is 1.73. The van der Waals surface area contributed by atoms with E-state index in [4.69, 9.17) is 4.52 Å². The van der Waals surface area contributed by atoms with Crippen LogP contribution in [-0.2, 0) is 6.42 Å². The number of nitrogens with one attached hydrogen (secondary N) is 1. The van der Waals surface area contributed by atoms with Crippen molar-refractivity contribution in [2.24, 2.45) is 0 Å². The van der Waals surface area contributed by atoms with Crippen molar-refractivity contribution < 1.29 is 4.52 Å². The smallest absolute Gasteiger partial charge is 0.266 e. The Kier molecular flexibility index (Phi) is 3.58. The molecule has 0 fully saturated rings. The number of hydrogen-bond donors (Lipinski definition) is 1. The molecule has 5 nitrogen and oxygen atoms in total. The number of hydrogen-bond acceptors (Lipinski definition) is 5. The largest absolute Gasteiger partial charge is 0.384 e. The predicted octanol–water partition coefficient (Wildman–Crippen LogP) is 2.67. The van der Waals surface area contributed by atoms with Crippen LogP contribution in [0.2, 0.25) is 0 Å². The summed E-state index contributed by atoms with van der Waals surface area (Å²) in [6.07, 6.45) is 0.790. The van der Waals surface area contributed by atoms with E-state index in [0.717, 1.165) is 31.9 Å². The van der Waals surface area contributed by atoms with Gasteiger partial charge >= 0.3 is 0 Å². The summed E-state index contributed by atoms with van der Waals surface area (Å²) in [5.74, 6) is 1.83. The van der Waals surface area contributed by atoms with Crippen LogP contribution in [0.25, 0.3) is 0 Å². The molecule has 1 aliphatic rings. The van der Waals surface area contributed by atoms with E-state index in [0.29, 0.717) is 11.9 Å². The van der Waals surface area contributed by atoms with Gasteiger partial charge in [0.15, 0.2) is 0 Å². The molecular weight excluding hydrogens is 252 g/mol. The number of anilines is 2. The number of aromatic nitrogens is 2. The van der Waals surface area contributed by atoms with Gasteiger partial charge in [-0.25, -0.2) is 0 Å². The number of nitrogens with zero attached hydrogens (tertiary/aromatic N) is 3. The lowest BCUT2D eigenvalue weighted by Gasteiger charge is -2.14. The molecule has 5 heteroatoms. The fourth-order valence-corrected chi connectivity index (χ4v) is 2.71. The second-order valence-electron chi connectivity index (χ2n) is 5.03. The molecule has 106 valence electrons. The maximum atomic E-state index is 5.40. The molecule has 20 heavy (non-hydrogen) atoms. The summed E-state index contributed by atoms with van der Waals surface area (Å²) in [6.45, 7) is 6.91. The van der Waals surface area contributed by atoms with Gasteiger partial charge in [0.25, 0.3) is 5.95 Å². The topological polar surface area (TPSA) is 54.2 Å². The van der Waals surface area contributed by atoms with Crippen LogP contribution in [0.4, 0.5) is 11.6 Å². The van der Waals surface area contributed by atoms with E-state index >= 15 is 0 Å². The molecule has 0 saturated carbocycles. The van der Waals surface area contributed by atoms with Crippen LogP contribution in [0.5, 0.6) is 0 Å². The zero-order chi connectivity index (χ0) is 13.9. The van der Waals surface area contributed by atoms with E-state index < -0.39 is 0 Å². The predicted molar refractivity (Wildman–Crippen MR) is 79.2 cm³/mol. The maximum Gasteiger partial charge on any atom is 0.266 e. The average molecular weight is 272 g/mol. The van der Waals surface area contributed by atoms with Gasteiger partial charge in [-0.1, -0.05) is 18.2 Å². The fraction of sp³-hybridized carbons (Fsp3) is 0.467. The fourth-order valence-electron chi connectivity index (χ4n) is 2.71. The molecule has 2 heterocycles. The van der Waals surface area contributed by atoms with Crippen molar-refractivity contribution in [3.8, 4) is 0 Å². The van der Waals surface area contributed by atoms with E-state index in [-0.39, 0.29) is 0 Å². The minimum Gasteiger partial charge on any atom is -0.384 e. The van der Waals surface area contributed by atoms with Gasteiger partial charge in [0.1, 0.15) is 0 Å². The number of rotatable bonds is 5. The molecule has 0 radical (unpaired) electrons. The third-order valence-corrected chi connectivity index (χ3v) is 3.86. The van der Waals surface area contributed by atoms with Crippen LogP contribution in [0.3, 0.4) is 0 Å². The lowest BCUT2D eigenvalue weighted by atomic mass is 9.98. The van der Waals surface area contributed by atoms with E-state index in [1.165, 1.54) is 11.3 Å². The van der Waals surface area contributed by atoms with Crippen molar-refractivity contribution in [1.29, 1.82) is 0 Å². The highest BCUT2D eigenvalue weighted by Crippen LogP contribution is 2.33. The van der Waals surface area contributed by atoms with Crippen molar-refractivity contribution in [2.75, 3.05) is 29.9 Å². The van der Waals surface area contributed by atoms with Gasteiger partial charge in [0.2, 0.25) is 5.89 Å². The van der Waals surface area contributed by atoms with Crippen molar-refractivity contribution >= 4 is 11.6 Å². The molecule has 1 atom stereocenters. The number of benzene rings is 1. The standard InChI is InChI=1S/C15H20N4O/c1-3-19(4-2)15-17-14(20-18-15)9-11-10-16-13-8-6-5-7-12(11)13/h5-8,11,16H,3-4,9-10H2,1-2H3. The maximum absolute atomic E-state index is 5.40. The normalized spacial score (nSPS) is 16.8. The van der Waals surface area contributed by atoms with Crippen LogP contribution in [0, 0.1) is 0 Å². The molecule has 1 aliphatic heterocycles. The van der Waals surface area contributed by atoms with Crippen LogP contribution in [-0.4, -0.2) is 29.8 Å². The Morgan fingerprint density at radius 3 is 2.90 bits per heavy atom. The van der Waals surface area contributed by atoms with Gasteiger partial charge in [-0.2, -0.15) is 4.98 Å². The summed E-state index contributed by atoms with van der Waals surface area (Å²) in [5.41, 5.74) is 2.57. The third kappa shape index (κ3) is 2.35. The van der Waals surface area contributed by atoms with Crippen LogP contribution < -0.4 is 10.2 Å². The summed E-state index contributed by atoms with van der Waals surface area (Å²) in [4.78, 5) is 6.60. The Morgan fingerprint density at radius 1 is 1.30 bits per heavy atom. The molecular formula is C15H20N4O. The first-order valence-corrected chi connectivity index (χ1v) is 7.22. The molecule has 1 aromatic heterocycles. The molecule has 0 amide bonds. The quantitative estimate of drug-likeness (QED) is 0.907. The van der Waals surface area contributed by atoms with Gasteiger partial charge in [-0.15, -0.1) is 0 Å². The lowest BCUT2D eigenvalue weighted by Crippen LogP contribution is -2.23. The zero-order valence-corrected chi connectivity index (χ0v) is 12.0. The summed E-state index contributed by atoms with van der Waals surface area (Å²) in [5, 5.41) is 7.50. The van der Waals surface area contributed by atoms with Crippen molar-refractivity contribution in [3.05, 3.63) is 35.7 Å². The number of para-hydroxylation sites is 1. The third-order valence-electron chi connectivity index (χ3n) is 3.86. The Hall–Kier alpha value is -2.04. The molecule has 0 saturated heterocycles. The summed E-state index contributed by atoms with van der Waals surface area (Å²) < 4.78 is 5.40. The van der Waals surface area contributed by atoms with Crippen LogP contribution >= 0.6 is 0 Å². The highest BCUT2D eigenvalue weighted by atomic mass is 16.5. The number of fused-ring (bicyclic) bond motifs is 1. The first-order chi connectivity index (χ1) is 9.81. The van der Waals surface area contributed by atoms with Gasteiger partial charge in [0.05, 0.1) is 0 Å². The summed E-state index contributed by atoms with van der Waals surface area (Å²) >= 11 is 0. The molecule has 3 rings (SSSR count). The van der Waals surface area contributed by atoms with Crippen molar-refractivity contribution in [3.63, 3.8) is 0 Å².